The van der Waals surface area contributed by atoms with Gasteiger partial charge in [-0.05, 0) is 23.8 Å². The fraction of sp³-hybridized carbons (Fsp3) is 0.176. The van der Waals surface area contributed by atoms with Gasteiger partial charge < -0.3 is 10.2 Å². The van der Waals surface area contributed by atoms with Gasteiger partial charge in [-0.15, -0.1) is 0 Å². The van der Waals surface area contributed by atoms with E-state index >= 15 is 0 Å². The zero-order valence-electron chi connectivity index (χ0n) is 12.6. The number of carbonyl (C=O) groups excluding carboxylic acids is 2. The average molecular weight is 351 g/mol. The molecular formula is C17H16Cl2N2O2. The lowest BCUT2D eigenvalue weighted by Gasteiger charge is -2.22. The van der Waals surface area contributed by atoms with Gasteiger partial charge in [-0.3, -0.25) is 9.59 Å². The molecule has 2 aromatic carbocycles. The van der Waals surface area contributed by atoms with Crippen LogP contribution in [0.15, 0.2) is 48.5 Å². The minimum absolute atomic E-state index is 0.123. The van der Waals surface area contributed by atoms with Crippen molar-refractivity contribution in [1.82, 2.24) is 5.32 Å². The summed E-state index contributed by atoms with van der Waals surface area (Å²) in [5.41, 5.74) is 1.40. The van der Waals surface area contributed by atoms with E-state index in [-0.39, 0.29) is 18.4 Å². The second-order valence-electron chi connectivity index (χ2n) is 4.96. The molecule has 23 heavy (non-hydrogen) atoms. The van der Waals surface area contributed by atoms with E-state index in [2.05, 4.69) is 5.32 Å². The zero-order valence-corrected chi connectivity index (χ0v) is 14.1. The summed E-state index contributed by atoms with van der Waals surface area (Å²) in [5, 5.41) is 3.59. The topological polar surface area (TPSA) is 49.4 Å². The fourth-order valence-electron chi connectivity index (χ4n) is 2.05. The Labute approximate surface area is 145 Å². The summed E-state index contributed by atoms with van der Waals surface area (Å²) in [6.07, 6.45) is 0. The number of nitrogens with one attached hydrogen (secondary N) is 1. The first-order chi connectivity index (χ1) is 11.0. The third kappa shape index (κ3) is 4.98. The predicted molar refractivity (Wildman–Crippen MR) is 92.8 cm³/mol. The number of nitrogens with zero attached hydrogens (tertiary/aromatic N) is 1. The maximum atomic E-state index is 12.1. The van der Waals surface area contributed by atoms with Crippen molar-refractivity contribution in [1.29, 1.82) is 0 Å². The van der Waals surface area contributed by atoms with E-state index in [1.165, 1.54) is 11.8 Å². The van der Waals surface area contributed by atoms with Crippen LogP contribution in [0, 0.1) is 0 Å². The smallest absolute Gasteiger partial charge is 0.240 e. The van der Waals surface area contributed by atoms with Gasteiger partial charge in [-0.1, -0.05) is 53.5 Å². The summed E-state index contributed by atoms with van der Waals surface area (Å²) >= 11 is 12.1. The van der Waals surface area contributed by atoms with E-state index in [4.69, 9.17) is 23.2 Å². The summed E-state index contributed by atoms with van der Waals surface area (Å²) in [5.74, 6) is -0.566. The Hall–Kier alpha value is -2.04. The van der Waals surface area contributed by atoms with Gasteiger partial charge in [-0.2, -0.15) is 0 Å². The number of amides is 2. The van der Waals surface area contributed by atoms with Crippen molar-refractivity contribution in [2.45, 2.75) is 13.5 Å². The van der Waals surface area contributed by atoms with Crippen LogP contribution in [-0.4, -0.2) is 18.4 Å². The Morgan fingerprint density at radius 1 is 1.09 bits per heavy atom. The third-order valence-electron chi connectivity index (χ3n) is 3.21. The number of carbonyl (C=O) groups is 2. The first-order valence-electron chi connectivity index (χ1n) is 7.01. The van der Waals surface area contributed by atoms with E-state index < -0.39 is 0 Å². The van der Waals surface area contributed by atoms with Crippen LogP contribution in [0.5, 0.6) is 0 Å². The predicted octanol–water partition coefficient (Wildman–Crippen LogP) is 3.66. The normalized spacial score (nSPS) is 10.2. The molecule has 0 saturated carbocycles. The Morgan fingerprint density at radius 2 is 1.78 bits per heavy atom. The van der Waals surface area contributed by atoms with Crippen LogP contribution in [-0.2, 0) is 16.1 Å². The molecule has 0 atom stereocenters. The first-order valence-corrected chi connectivity index (χ1v) is 7.76. The van der Waals surface area contributed by atoms with Crippen LogP contribution in [0.2, 0.25) is 10.0 Å². The van der Waals surface area contributed by atoms with Crippen LogP contribution in [0.25, 0.3) is 0 Å². The van der Waals surface area contributed by atoms with Gasteiger partial charge in [0.2, 0.25) is 11.8 Å². The SMILES string of the molecule is CC(=O)N(CC(=O)NCc1ccccc1)c1cc(Cl)ccc1Cl. The highest BCUT2D eigenvalue weighted by Gasteiger charge is 2.18. The van der Waals surface area contributed by atoms with Crippen molar-refractivity contribution in [3.63, 3.8) is 0 Å². The molecule has 120 valence electrons. The minimum Gasteiger partial charge on any atom is -0.350 e. The van der Waals surface area contributed by atoms with E-state index in [0.29, 0.717) is 22.3 Å². The zero-order chi connectivity index (χ0) is 16.8. The molecule has 0 unspecified atom stereocenters. The summed E-state index contributed by atoms with van der Waals surface area (Å²) in [6.45, 7) is 1.65. The fourth-order valence-corrected chi connectivity index (χ4v) is 2.44. The molecule has 0 spiro atoms. The van der Waals surface area contributed by atoms with Crippen molar-refractivity contribution in [3.8, 4) is 0 Å². The molecule has 0 aliphatic rings. The van der Waals surface area contributed by atoms with Crippen molar-refractivity contribution in [2.24, 2.45) is 0 Å². The summed E-state index contributed by atoms with van der Waals surface area (Å²) in [6, 6.07) is 14.3. The number of hydrogen-bond acceptors (Lipinski definition) is 2. The monoisotopic (exact) mass is 350 g/mol. The Kier molecular flexibility index (Phi) is 6.02. The van der Waals surface area contributed by atoms with E-state index in [9.17, 15) is 9.59 Å². The molecule has 0 aliphatic heterocycles. The summed E-state index contributed by atoms with van der Waals surface area (Å²) in [7, 11) is 0. The number of benzene rings is 2. The largest absolute Gasteiger partial charge is 0.350 e. The summed E-state index contributed by atoms with van der Waals surface area (Å²) < 4.78 is 0. The second kappa shape index (κ2) is 7.99. The lowest BCUT2D eigenvalue weighted by molar-refractivity contribution is -0.123. The highest BCUT2D eigenvalue weighted by atomic mass is 35.5. The van der Waals surface area contributed by atoms with Gasteiger partial charge in [0.1, 0.15) is 6.54 Å². The van der Waals surface area contributed by atoms with Gasteiger partial charge in [0.25, 0.3) is 0 Å². The molecule has 2 rings (SSSR count). The number of halogens is 2. The van der Waals surface area contributed by atoms with Gasteiger partial charge in [0, 0.05) is 18.5 Å². The molecule has 1 N–H and O–H groups in total. The van der Waals surface area contributed by atoms with Crippen molar-refractivity contribution < 1.29 is 9.59 Å². The quantitative estimate of drug-likeness (QED) is 0.894. The van der Waals surface area contributed by atoms with Crippen LogP contribution in [0.3, 0.4) is 0 Å². The molecule has 4 nitrogen and oxygen atoms in total. The Bertz CT molecular complexity index is 705. The molecule has 0 fully saturated rings. The summed E-state index contributed by atoms with van der Waals surface area (Å²) in [4.78, 5) is 25.3. The van der Waals surface area contributed by atoms with Crippen molar-refractivity contribution >= 4 is 40.7 Å². The maximum absolute atomic E-state index is 12.1. The molecular weight excluding hydrogens is 335 g/mol. The van der Waals surface area contributed by atoms with Gasteiger partial charge in [0.05, 0.1) is 10.7 Å². The Balaban J connectivity index is 2.06. The molecule has 0 aliphatic carbocycles. The van der Waals surface area contributed by atoms with Crippen LogP contribution >= 0.6 is 23.2 Å². The average Bonchev–Trinajstić information content (AvgIpc) is 2.54. The first kappa shape index (κ1) is 17.3. The number of hydrogen-bond donors (Lipinski definition) is 1. The van der Waals surface area contributed by atoms with E-state index in [1.807, 2.05) is 30.3 Å². The third-order valence-corrected chi connectivity index (χ3v) is 3.77. The maximum Gasteiger partial charge on any atom is 0.240 e. The van der Waals surface area contributed by atoms with Crippen LogP contribution in [0.4, 0.5) is 5.69 Å². The molecule has 2 aromatic rings. The Morgan fingerprint density at radius 3 is 2.43 bits per heavy atom. The molecule has 0 aromatic heterocycles. The molecule has 0 bridgehead atoms. The highest BCUT2D eigenvalue weighted by Crippen LogP contribution is 2.29. The second-order valence-corrected chi connectivity index (χ2v) is 5.81. The van der Waals surface area contributed by atoms with E-state index in [1.54, 1.807) is 18.2 Å². The molecule has 6 heteroatoms. The lowest BCUT2D eigenvalue weighted by Crippen LogP contribution is -2.39. The van der Waals surface area contributed by atoms with Crippen LogP contribution < -0.4 is 10.2 Å². The van der Waals surface area contributed by atoms with Crippen molar-refractivity contribution in [3.05, 3.63) is 64.1 Å². The standard InChI is InChI=1S/C17H16Cl2N2O2/c1-12(22)21(16-9-14(18)7-8-15(16)19)11-17(23)20-10-13-5-3-2-4-6-13/h2-9H,10-11H2,1H3,(H,20,23). The minimum atomic E-state index is -0.288. The van der Waals surface area contributed by atoms with Gasteiger partial charge in [0.15, 0.2) is 0 Å². The highest BCUT2D eigenvalue weighted by molar-refractivity contribution is 6.35. The molecule has 0 saturated heterocycles. The van der Waals surface area contributed by atoms with Crippen molar-refractivity contribution in [2.75, 3.05) is 11.4 Å². The van der Waals surface area contributed by atoms with Gasteiger partial charge >= 0.3 is 0 Å². The van der Waals surface area contributed by atoms with E-state index in [0.717, 1.165) is 5.56 Å². The number of anilines is 1. The lowest BCUT2D eigenvalue weighted by atomic mass is 10.2. The number of rotatable bonds is 5. The molecule has 2 amide bonds. The van der Waals surface area contributed by atoms with Gasteiger partial charge in [-0.25, -0.2) is 0 Å². The molecule has 0 heterocycles. The molecule has 0 radical (unpaired) electrons. The van der Waals surface area contributed by atoms with Crippen LogP contribution in [0.1, 0.15) is 12.5 Å².